The van der Waals surface area contributed by atoms with Crippen LogP contribution in [-0.2, 0) is 4.74 Å². The Hall–Kier alpha value is -2.18. The SMILES string of the molecule is CC(C)COC(=O)NC1CCN(C(=O)c2cnccn2)CC1. The summed E-state index contributed by atoms with van der Waals surface area (Å²) in [5.41, 5.74) is 0.352. The van der Waals surface area contributed by atoms with Crippen molar-refractivity contribution in [1.29, 1.82) is 0 Å². The van der Waals surface area contributed by atoms with Crippen LogP contribution in [0.15, 0.2) is 18.6 Å². The van der Waals surface area contributed by atoms with E-state index in [0.717, 1.165) is 0 Å². The number of carbonyl (C=O) groups excluding carboxylic acids is 2. The summed E-state index contributed by atoms with van der Waals surface area (Å²) in [5.74, 6) is 0.200. The Labute approximate surface area is 130 Å². The first-order valence-electron chi connectivity index (χ1n) is 7.55. The zero-order chi connectivity index (χ0) is 15.9. The highest BCUT2D eigenvalue weighted by Crippen LogP contribution is 2.13. The fourth-order valence-electron chi connectivity index (χ4n) is 2.25. The first-order chi connectivity index (χ1) is 10.6. The van der Waals surface area contributed by atoms with E-state index in [9.17, 15) is 9.59 Å². The Morgan fingerprint density at radius 1 is 1.36 bits per heavy atom. The van der Waals surface area contributed by atoms with Crippen LogP contribution in [0.1, 0.15) is 37.2 Å². The minimum Gasteiger partial charge on any atom is -0.449 e. The number of amides is 2. The number of likely N-dealkylation sites (tertiary alicyclic amines) is 1. The smallest absolute Gasteiger partial charge is 0.407 e. The molecule has 7 nitrogen and oxygen atoms in total. The summed E-state index contributed by atoms with van der Waals surface area (Å²) >= 11 is 0. The van der Waals surface area contributed by atoms with E-state index >= 15 is 0 Å². The average Bonchev–Trinajstić information content (AvgIpc) is 2.54. The maximum Gasteiger partial charge on any atom is 0.407 e. The molecule has 0 bridgehead atoms. The maximum absolute atomic E-state index is 12.2. The van der Waals surface area contributed by atoms with Crippen molar-refractivity contribution in [3.8, 4) is 0 Å². The van der Waals surface area contributed by atoms with Crippen molar-refractivity contribution < 1.29 is 14.3 Å². The van der Waals surface area contributed by atoms with Gasteiger partial charge in [-0.3, -0.25) is 9.78 Å². The quantitative estimate of drug-likeness (QED) is 0.910. The van der Waals surface area contributed by atoms with E-state index in [2.05, 4.69) is 15.3 Å². The molecule has 1 aromatic rings. The van der Waals surface area contributed by atoms with Gasteiger partial charge in [0.2, 0.25) is 0 Å². The van der Waals surface area contributed by atoms with Crippen LogP contribution in [0.25, 0.3) is 0 Å². The van der Waals surface area contributed by atoms with E-state index in [4.69, 9.17) is 4.74 Å². The first-order valence-corrected chi connectivity index (χ1v) is 7.55. The molecule has 0 aliphatic carbocycles. The monoisotopic (exact) mass is 306 g/mol. The van der Waals surface area contributed by atoms with Crippen LogP contribution in [0.5, 0.6) is 0 Å². The summed E-state index contributed by atoms with van der Waals surface area (Å²) in [6.45, 7) is 5.57. The van der Waals surface area contributed by atoms with Crippen molar-refractivity contribution >= 4 is 12.0 Å². The molecule has 2 heterocycles. The van der Waals surface area contributed by atoms with Gasteiger partial charge in [-0.1, -0.05) is 13.8 Å². The standard InChI is InChI=1S/C15H22N4O3/c1-11(2)10-22-15(21)18-12-3-7-19(8-4-12)14(20)13-9-16-5-6-17-13/h5-6,9,11-12H,3-4,7-8,10H2,1-2H3,(H,18,21). The van der Waals surface area contributed by atoms with Crippen LogP contribution < -0.4 is 5.32 Å². The molecule has 1 N–H and O–H groups in total. The van der Waals surface area contributed by atoms with Crippen LogP contribution in [-0.4, -0.2) is 52.6 Å². The Balaban J connectivity index is 1.76. The third-order valence-electron chi connectivity index (χ3n) is 3.43. The fraction of sp³-hybridized carbons (Fsp3) is 0.600. The molecule has 0 unspecified atom stereocenters. The molecule has 1 aliphatic rings. The molecule has 0 radical (unpaired) electrons. The van der Waals surface area contributed by atoms with Crippen LogP contribution in [0.2, 0.25) is 0 Å². The van der Waals surface area contributed by atoms with Crippen LogP contribution in [0.3, 0.4) is 0 Å². The lowest BCUT2D eigenvalue weighted by atomic mass is 10.1. The molecule has 22 heavy (non-hydrogen) atoms. The van der Waals surface area contributed by atoms with Gasteiger partial charge in [-0.2, -0.15) is 0 Å². The number of nitrogens with zero attached hydrogens (tertiary/aromatic N) is 3. The topological polar surface area (TPSA) is 84.4 Å². The van der Waals surface area contributed by atoms with Gasteiger partial charge >= 0.3 is 6.09 Å². The summed E-state index contributed by atoms with van der Waals surface area (Å²) in [7, 11) is 0. The Morgan fingerprint density at radius 2 is 2.09 bits per heavy atom. The molecule has 1 aliphatic heterocycles. The van der Waals surface area contributed by atoms with Gasteiger partial charge in [0, 0.05) is 31.5 Å². The number of nitrogens with one attached hydrogen (secondary N) is 1. The normalized spacial score (nSPS) is 15.7. The highest BCUT2D eigenvalue weighted by molar-refractivity contribution is 5.92. The summed E-state index contributed by atoms with van der Waals surface area (Å²) in [6, 6.07) is 0.0468. The van der Waals surface area contributed by atoms with Crippen LogP contribution in [0.4, 0.5) is 4.79 Å². The molecule has 1 aromatic heterocycles. The van der Waals surface area contributed by atoms with Gasteiger partial charge in [0.15, 0.2) is 0 Å². The number of carbonyl (C=O) groups is 2. The van der Waals surface area contributed by atoms with E-state index in [0.29, 0.717) is 44.1 Å². The molecule has 0 spiro atoms. The minimum absolute atomic E-state index is 0.0468. The van der Waals surface area contributed by atoms with Gasteiger partial charge in [0.05, 0.1) is 12.8 Å². The van der Waals surface area contributed by atoms with Crippen molar-refractivity contribution in [3.05, 3.63) is 24.3 Å². The third kappa shape index (κ3) is 4.68. The van der Waals surface area contributed by atoms with Crippen LogP contribution in [0, 0.1) is 5.92 Å². The number of alkyl carbamates (subject to hydrolysis) is 1. The Morgan fingerprint density at radius 3 is 2.68 bits per heavy atom. The summed E-state index contributed by atoms with van der Waals surface area (Å²) in [4.78, 5) is 33.5. The number of aromatic nitrogens is 2. The Kier molecular flexibility index (Phi) is 5.68. The molecule has 120 valence electrons. The molecular formula is C15H22N4O3. The van der Waals surface area contributed by atoms with E-state index < -0.39 is 0 Å². The predicted molar refractivity (Wildman–Crippen MR) is 80.3 cm³/mol. The van der Waals surface area contributed by atoms with E-state index in [1.54, 1.807) is 4.90 Å². The number of hydrogen-bond donors (Lipinski definition) is 1. The lowest BCUT2D eigenvalue weighted by Gasteiger charge is -2.31. The predicted octanol–water partition coefficient (Wildman–Crippen LogP) is 1.46. The molecular weight excluding hydrogens is 284 g/mol. The van der Waals surface area contributed by atoms with E-state index in [1.807, 2.05) is 13.8 Å². The number of rotatable bonds is 4. The van der Waals surface area contributed by atoms with E-state index in [1.165, 1.54) is 18.6 Å². The molecule has 0 saturated carbocycles. The van der Waals surface area contributed by atoms with Gasteiger partial charge < -0.3 is 15.0 Å². The van der Waals surface area contributed by atoms with E-state index in [-0.39, 0.29) is 18.0 Å². The summed E-state index contributed by atoms with van der Waals surface area (Å²) in [5, 5.41) is 2.85. The van der Waals surface area contributed by atoms with Gasteiger partial charge in [-0.25, -0.2) is 9.78 Å². The largest absolute Gasteiger partial charge is 0.449 e. The first kappa shape index (κ1) is 16.2. The zero-order valence-electron chi connectivity index (χ0n) is 13.0. The van der Waals surface area contributed by atoms with Crippen molar-refractivity contribution in [2.45, 2.75) is 32.7 Å². The lowest BCUT2D eigenvalue weighted by Crippen LogP contribution is -2.47. The van der Waals surface area contributed by atoms with Crippen molar-refractivity contribution in [2.75, 3.05) is 19.7 Å². The van der Waals surface area contributed by atoms with Crippen molar-refractivity contribution in [3.63, 3.8) is 0 Å². The Bertz CT molecular complexity index is 499. The second kappa shape index (κ2) is 7.72. The molecule has 7 heteroatoms. The molecule has 2 rings (SSSR count). The van der Waals surface area contributed by atoms with Gasteiger partial charge in [-0.15, -0.1) is 0 Å². The molecule has 0 aromatic carbocycles. The lowest BCUT2D eigenvalue weighted by molar-refractivity contribution is 0.0693. The molecule has 0 atom stereocenters. The highest BCUT2D eigenvalue weighted by atomic mass is 16.5. The fourth-order valence-corrected chi connectivity index (χ4v) is 2.25. The van der Waals surface area contributed by atoms with Gasteiger partial charge in [0.25, 0.3) is 5.91 Å². The van der Waals surface area contributed by atoms with Crippen molar-refractivity contribution in [1.82, 2.24) is 20.2 Å². The second-order valence-corrected chi connectivity index (χ2v) is 5.79. The van der Waals surface area contributed by atoms with Crippen LogP contribution >= 0.6 is 0 Å². The highest BCUT2D eigenvalue weighted by Gasteiger charge is 2.25. The molecule has 1 fully saturated rings. The molecule has 1 saturated heterocycles. The zero-order valence-corrected chi connectivity index (χ0v) is 13.0. The number of ether oxygens (including phenoxy) is 1. The number of hydrogen-bond acceptors (Lipinski definition) is 5. The average molecular weight is 306 g/mol. The third-order valence-corrected chi connectivity index (χ3v) is 3.43. The van der Waals surface area contributed by atoms with Gasteiger partial charge in [0.1, 0.15) is 5.69 Å². The maximum atomic E-state index is 12.2. The summed E-state index contributed by atoms with van der Waals surface area (Å²) in [6.07, 6.45) is 5.55. The second-order valence-electron chi connectivity index (χ2n) is 5.79. The van der Waals surface area contributed by atoms with Gasteiger partial charge in [-0.05, 0) is 18.8 Å². The summed E-state index contributed by atoms with van der Waals surface area (Å²) < 4.78 is 5.10. The number of piperidine rings is 1. The van der Waals surface area contributed by atoms with Crippen molar-refractivity contribution in [2.24, 2.45) is 5.92 Å². The molecule has 2 amide bonds. The minimum atomic E-state index is -0.382.